The van der Waals surface area contributed by atoms with E-state index in [1.54, 1.807) is 0 Å². The van der Waals surface area contributed by atoms with E-state index in [0.717, 1.165) is 0 Å². The molecule has 0 aromatic heterocycles. The van der Waals surface area contributed by atoms with Crippen molar-refractivity contribution in [3.05, 3.63) is 0 Å². The fraction of sp³-hybridized carbons (Fsp3) is 0.571. The fourth-order valence-electron chi connectivity index (χ4n) is 0.382. The van der Waals surface area contributed by atoms with E-state index in [9.17, 15) is 14.4 Å². The zero-order valence-electron chi connectivity index (χ0n) is 8.03. The van der Waals surface area contributed by atoms with Crippen LogP contribution in [-0.4, -0.2) is 60.9 Å². The van der Waals surface area contributed by atoms with Crippen molar-refractivity contribution in [3.63, 3.8) is 0 Å². The molecule has 0 aliphatic rings. The minimum absolute atomic E-state index is 0.153. The van der Waals surface area contributed by atoms with Gasteiger partial charge in [-0.3, -0.25) is 9.59 Å². The number of aliphatic hydroxyl groups excluding tert-OH is 1. The first-order valence-electron chi connectivity index (χ1n) is 3.86. The molecule has 0 aliphatic carbocycles. The van der Waals surface area contributed by atoms with Crippen LogP contribution in [0.2, 0.25) is 0 Å². The van der Waals surface area contributed by atoms with Gasteiger partial charge in [-0.2, -0.15) is 0 Å². The first kappa shape index (κ1) is 16.7. The lowest BCUT2D eigenvalue weighted by Gasteiger charge is -2.12. The quantitative estimate of drug-likeness (QED) is 0.288. The topological polar surface area (TPSA) is 173 Å². The monoisotopic (exact) mass is 240 g/mol. The van der Waals surface area contributed by atoms with Crippen molar-refractivity contribution < 1.29 is 45.0 Å². The lowest BCUT2D eigenvalue weighted by Crippen LogP contribution is -2.40. The third kappa shape index (κ3) is 10.4. The number of aliphatic carboxylic acids is 3. The molecular formula is C7H12O9. The van der Waals surface area contributed by atoms with Crippen LogP contribution >= 0.6 is 0 Å². The normalized spacial score (nSPS) is 9.94. The molecule has 6 N–H and O–H groups in total. The van der Waals surface area contributed by atoms with Crippen LogP contribution in [-0.2, 0) is 14.4 Å². The summed E-state index contributed by atoms with van der Waals surface area (Å²) in [7, 11) is 0. The van der Waals surface area contributed by atoms with Gasteiger partial charge >= 0.3 is 17.9 Å². The molecule has 0 aliphatic heterocycles. The summed E-state index contributed by atoms with van der Waals surface area (Å²) in [5, 5.41) is 48.1. The Morgan fingerprint density at radius 2 is 1.38 bits per heavy atom. The molecule has 0 spiro atoms. The van der Waals surface area contributed by atoms with Crippen LogP contribution in [0.15, 0.2) is 0 Å². The molecule has 0 heterocycles. The van der Waals surface area contributed by atoms with Crippen LogP contribution in [0.4, 0.5) is 0 Å². The smallest absolute Gasteiger partial charge is 0.364 e. The molecule has 0 aromatic rings. The maximum absolute atomic E-state index is 9.79. The molecule has 0 bridgehead atoms. The van der Waals surface area contributed by atoms with Crippen LogP contribution in [0.1, 0.15) is 12.8 Å². The zero-order valence-corrected chi connectivity index (χ0v) is 8.03. The SMILES string of the molecule is O=C(O)CC(O)(O)C(=O)O.O=C(O)CCO. The second kappa shape index (κ2) is 7.56. The molecular weight excluding hydrogens is 228 g/mol. The molecule has 0 radical (unpaired) electrons. The molecule has 0 unspecified atom stereocenters. The van der Waals surface area contributed by atoms with Gasteiger partial charge in [0.25, 0.3) is 5.79 Å². The third-order valence-corrected chi connectivity index (χ3v) is 1.07. The molecule has 0 amide bonds. The summed E-state index contributed by atoms with van der Waals surface area (Å²) < 4.78 is 0. The van der Waals surface area contributed by atoms with Crippen molar-refractivity contribution in [2.24, 2.45) is 0 Å². The standard InChI is InChI=1S/C4H6O6.C3H6O3/c5-2(6)1-4(9,10)3(7)8;4-2-1-3(5)6/h9-10H,1H2,(H,5,6)(H,7,8);4H,1-2H2,(H,5,6). The van der Waals surface area contributed by atoms with Crippen LogP contribution in [0.3, 0.4) is 0 Å². The minimum atomic E-state index is -3.16. The van der Waals surface area contributed by atoms with E-state index in [0.29, 0.717) is 0 Å². The predicted octanol–water partition coefficient (Wildman–Crippen LogP) is -2.32. The molecule has 9 nitrogen and oxygen atoms in total. The van der Waals surface area contributed by atoms with E-state index in [2.05, 4.69) is 0 Å². The first-order valence-corrected chi connectivity index (χ1v) is 3.86. The van der Waals surface area contributed by atoms with Crippen molar-refractivity contribution in [2.45, 2.75) is 18.6 Å². The van der Waals surface area contributed by atoms with Crippen LogP contribution < -0.4 is 0 Å². The van der Waals surface area contributed by atoms with Crippen molar-refractivity contribution in [1.29, 1.82) is 0 Å². The van der Waals surface area contributed by atoms with Gasteiger partial charge in [0.1, 0.15) is 6.42 Å². The number of rotatable bonds is 5. The molecule has 0 atom stereocenters. The highest BCUT2D eigenvalue weighted by Crippen LogP contribution is 2.04. The lowest BCUT2D eigenvalue weighted by atomic mass is 10.2. The Hall–Kier alpha value is -1.71. The summed E-state index contributed by atoms with van der Waals surface area (Å²) in [6.07, 6.45) is -1.39. The predicted molar refractivity (Wildman–Crippen MR) is 46.4 cm³/mol. The van der Waals surface area contributed by atoms with Gasteiger partial charge in [-0.15, -0.1) is 0 Å². The average molecular weight is 240 g/mol. The third-order valence-electron chi connectivity index (χ3n) is 1.07. The highest BCUT2D eigenvalue weighted by molar-refractivity contribution is 5.81. The molecule has 0 fully saturated rings. The molecule has 16 heavy (non-hydrogen) atoms. The number of carboxylic acid groups (broad SMARTS) is 3. The Balaban J connectivity index is 0. The Kier molecular flexibility index (Phi) is 7.90. The number of carbonyl (C=O) groups is 3. The number of aliphatic hydroxyl groups is 3. The number of hydrogen-bond donors (Lipinski definition) is 6. The summed E-state index contributed by atoms with van der Waals surface area (Å²) in [6.45, 7) is -0.269. The summed E-state index contributed by atoms with van der Waals surface area (Å²) >= 11 is 0. The van der Waals surface area contributed by atoms with Gasteiger partial charge in [-0.25, -0.2) is 4.79 Å². The van der Waals surface area contributed by atoms with Gasteiger partial charge in [-0.1, -0.05) is 0 Å². The maximum atomic E-state index is 9.79. The van der Waals surface area contributed by atoms with Gasteiger partial charge in [0, 0.05) is 0 Å². The van der Waals surface area contributed by atoms with E-state index in [-0.39, 0.29) is 13.0 Å². The maximum Gasteiger partial charge on any atom is 0.364 e. The van der Waals surface area contributed by atoms with Crippen LogP contribution in [0.5, 0.6) is 0 Å². The minimum Gasteiger partial charge on any atom is -0.481 e. The van der Waals surface area contributed by atoms with E-state index < -0.39 is 30.1 Å². The van der Waals surface area contributed by atoms with E-state index in [1.807, 2.05) is 0 Å². The van der Waals surface area contributed by atoms with Crippen LogP contribution in [0, 0.1) is 0 Å². The Labute approximate surface area is 89.2 Å². The Morgan fingerprint density at radius 3 is 1.44 bits per heavy atom. The molecule has 0 saturated heterocycles. The van der Waals surface area contributed by atoms with Crippen molar-refractivity contribution >= 4 is 17.9 Å². The summed E-state index contributed by atoms with van der Waals surface area (Å²) in [6, 6.07) is 0. The van der Waals surface area contributed by atoms with E-state index in [4.69, 9.17) is 30.6 Å². The van der Waals surface area contributed by atoms with Gasteiger partial charge in [0.05, 0.1) is 13.0 Å². The van der Waals surface area contributed by atoms with Gasteiger partial charge in [0.2, 0.25) is 0 Å². The van der Waals surface area contributed by atoms with E-state index in [1.165, 1.54) is 0 Å². The highest BCUT2D eigenvalue weighted by Gasteiger charge is 2.35. The second-order valence-electron chi connectivity index (χ2n) is 2.56. The number of hydrogen-bond acceptors (Lipinski definition) is 6. The zero-order chi connectivity index (χ0) is 13.4. The summed E-state index contributed by atoms with van der Waals surface area (Å²) in [5.41, 5.74) is 0. The number of carboxylic acids is 3. The second-order valence-corrected chi connectivity index (χ2v) is 2.56. The molecule has 0 aromatic carbocycles. The average Bonchev–Trinajstić information content (AvgIpc) is 2.01. The van der Waals surface area contributed by atoms with Crippen molar-refractivity contribution in [1.82, 2.24) is 0 Å². The molecule has 9 heteroatoms. The summed E-state index contributed by atoms with van der Waals surface area (Å²) in [4.78, 5) is 29.0. The Bertz CT molecular complexity index is 257. The first-order chi connectivity index (χ1) is 7.13. The van der Waals surface area contributed by atoms with Gasteiger partial charge in [0.15, 0.2) is 0 Å². The molecule has 0 rings (SSSR count). The fourth-order valence-corrected chi connectivity index (χ4v) is 0.382. The van der Waals surface area contributed by atoms with Crippen LogP contribution in [0.25, 0.3) is 0 Å². The highest BCUT2D eigenvalue weighted by atomic mass is 16.5. The molecule has 0 saturated carbocycles. The Morgan fingerprint density at radius 1 is 0.938 bits per heavy atom. The van der Waals surface area contributed by atoms with Crippen molar-refractivity contribution in [3.8, 4) is 0 Å². The largest absolute Gasteiger partial charge is 0.481 e. The van der Waals surface area contributed by atoms with E-state index >= 15 is 0 Å². The van der Waals surface area contributed by atoms with Gasteiger partial charge in [-0.05, 0) is 0 Å². The lowest BCUT2D eigenvalue weighted by molar-refractivity contribution is -0.208. The molecule has 94 valence electrons. The van der Waals surface area contributed by atoms with Crippen molar-refractivity contribution in [2.75, 3.05) is 6.61 Å². The van der Waals surface area contributed by atoms with Gasteiger partial charge < -0.3 is 30.6 Å². The summed E-state index contributed by atoms with van der Waals surface area (Å²) in [5.74, 6) is -7.69.